The van der Waals surface area contributed by atoms with Gasteiger partial charge in [0.2, 0.25) is 10.0 Å². The Morgan fingerprint density at radius 1 is 1.71 bits per heavy atom. The quantitative estimate of drug-likeness (QED) is 0.476. The molecular weight excluding hydrogens is 224 g/mol. The van der Waals surface area contributed by atoms with Crippen LogP contribution in [0, 0.1) is 0 Å². The zero-order valence-electron chi connectivity index (χ0n) is 7.49. The van der Waals surface area contributed by atoms with E-state index in [-0.39, 0.29) is 11.8 Å². The van der Waals surface area contributed by atoms with E-state index in [0.29, 0.717) is 5.71 Å². The number of hydrogen-bond donors (Lipinski definition) is 1. The van der Waals surface area contributed by atoms with E-state index in [1.165, 1.54) is 23.1 Å². The van der Waals surface area contributed by atoms with Crippen molar-refractivity contribution in [2.45, 2.75) is 10.5 Å². The van der Waals surface area contributed by atoms with Crippen LogP contribution >= 0.6 is 11.8 Å². The summed E-state index contributed by atoms with van der Waals surface area (Å²) in [5.74, 6) is 0. The molecule has 1 fully saturated rings. The number of sulfonamides is 1. The Balaban J connectivity index is 2.44. The molecular formula is C7H10N2O3S2. The first kappa shape index (κ1) is 10.0. The Bertz CT molecular complexity index is 401. The van der Waals surface area contributed by atoms with Gasteiger partial charge in [0, 0.05) is 7.05 Å². The van der Waals surface area contributed by atoms with Gasteiger partial charge < -0.3 is 5.21 Å². The molecule has 2 rings (SSSR count). The molecule has 0 amide bonds. The third kappa shape index (κ3) is 1.27. The fraction of sp³-hybridized carbons (Fsp3) is 0.571. The molecule has 0 aromatic heterocycles. The van der Waals surface area contributed by atoms with Crippen molar-refractivity contribution in [3.05, 3.63) is 11.5 Å². The summed E-state index contributed by atoms with van der Waals surface area (Å²) in [6.45, 7) is 0.175. The highest BCUT2D eigenvalue weighted by Crippen LogP contribution is 2.35. The zero-order chi connectivity index (χ0) is 10.3. The number of oxime groups is 1. The topological polar surface area (TPSA) is 70.0 Å². The molecule has 2 atom stereocenters. The van der Waals surface area contributed by atoms with Crippen molar-refractivity contribution < 1.29 is 13.6 Å². The largest absolute Gasteiger partial charge is 0.411 e. The Kier molecular flexibility index (Phi) is 2.32. The van der Waals surface area contributed by atoms with Gasteiger partial charge in [0.05, 0.1) is 17.5 Å². The molecule has 0 bridgehead atoms. The van der Waals surface area contributed by atoms with E-state index in [9.17, 15) is 8.42 Å². The summed E-state index contributed by atoms with van der Waals surface area (Å²) >= 11 is 1.39. The van der Waals surface area contributed by atoms with Crippen LogP contribution in [0.4, 0.5) is 0 Å². The van der Waals surface area contributed by atoms with Crippen molar-refractivity contribution >= 4 is 27.5 Å². The lowest BCUT2D eigenvalue weighted by molar-refractivity contribution is 0.314. The molecule has 2 aliphatic rings. The summed E-state index contributed by atoms with van der Waals surface area (Å²) in [7, 11) is -1.75. The Morgan fingerprint density at radius 2 is 2.43 bits per heavy atom. The van der Waals surface area contributed by atoms with Crippen molar-refractivity contribution in [3.8, 4) is 0 Å². The first-order valence-corrected chi connectivity index (χ1v) is 6.50. The zero-order valence-corrected chi connectivity index (χ0v) is 9.12. The number of thioether (sulfide) groups is 1. The van der Waals surface area contributed by atoms with Gasteiger partial charge in [0.25, 0.3) is 0 Å². The Hall–Kier alpha value is -0.530. The number of nitrogens with zero attached hydrogens (tertiary/aromatic N) is 2. The molecule has 5 nitrogen and oxygen atoms in total. The average Bonchev–Trinajstić information content (AvgIpc) is 2.61. The number of hydrogen-bond acceptors (Lipinski definition) is 5. The van der Waals surface area contributed by atoms with Crippen molar-refractivity contribution in [1.82, 2.24) is 4.31 Å². The predicted octanol–water partition coefficient (Wildman–Crippen LogP) is 0.0895. The van der Waals surface area contributed by atoms with Gasteiger partial charge in [0.15, 0.2) is 0 Å². The summed E-state index contributed by atoms with van der Waals surface area (Å²) < 4.78 is 24.8. The standard InChI is InChI=1S/C7H10N2O3S2/c1-9-4-5(8-10)7-6(2-3-13-7)14(9,11)12/h2-3,6-7,10H,4H2,1H3/b8-5+/t6-,7-/m0/s1. The van der Waals surface area contributed by atoms with Gasteiger partial charge in [-0.25, -0.2) is 8.42 Å². The van der Waals surface area contributed by atoms with E-state index in [4.69, 9.17) is 5.21 Å². The second-order valence-corrected chi connectivity index (χ2v) is 6.49. The molecule has 7 heteroatoms. The smallest absolute Gasteiger partial charge is 0.222 e. The van der Waals surface area contributed by atoms with Crippen LogP contribution in [0.3, 0.4) is 0 Å². The van der Waals surface area contributed by atoms with E-state index in [0.717, 1.165) is 0 Å². The maximum absolute atomic E-state index is 11.8. The monoisotopic (exact) mass is 234 g/mol. The fourth-order valence-corrected chi connectivity index (χ4v) is 4.76. The van der Waals surface area contributed by atoms with Crippen LogP contribution in [-0.2, 0) is 10.0 Å². The van der Waals surface area contributed by atoms with E-state index >= 15 is 0 Å². The molecule has 1 saturated heterocycles. The highest BCUT2D eigenvalue weighted by molar-refractivity contribution is 8.05. The number of fused-ring (bicyclic) bond motifs is 1. The summed E-state index contributed by atoms with van der Waals surface area (Å²) in [6, 6.07) is 0. The molecule has 0 unspecified atom stereocenters. The van der Waals surface area contributed by atoms with Gasteiger partial charge in [-0.3, -0.25) is 0 Å². The van der Waals surface area contributed by atoms with Gasteiger partial charge in [-0.15, -0.1) is 11.8 Å². The van der Waals surface area contributed by atoms with Crippen molar-refractivity contribution in [3.63, 3.8) is 0 Å². The second kappa shape index (κ2) is 3.25. The summed E-state index contributed by atoms with van der Waals surface area (Å²) in [5.41, 5.74) is 0.516. The minimum atomic E-state index is -3.25. The van der Waals surface area contributed by atoms with E-state index in [1.807, 2.05) is 0 Å². The Labute approximate surface area is 86.5 Å². The van der Waals surface area contributed by atoms with E-state index < -0.39 is 15.3 Å². The maximum atomic E-state index is 11.8. The predicted molar refractivity (Wildman–Crippen MR) is 55.1 cm³/mol. The van der Waals surface area contributed by atoms with Crippen LogP contribution in [0.1, 0.15) is 0 Å². The maximum Gasteiger partial charge on any atom is 0.222 e. The van der Waals surface area contributed by atoms with Gasteiger partial charge in [0.1, 0.15) is 5.25 Å². The number of rotatable bonds is 0. The fourth-order valence-electron chi connectivity index (χ4n) is 1.61. The van der Waals surface area contributed by atoms with Crippen LogP contribution in [0.25, 0.3) is 0 Å². The minimum absolute atomic E-state index is 0.175. The highest BCUT2D eigenvalue weighted by atomic mass is 32.2. The van der Waals surface area contributed by atoms with Gasteiger partial charge in [-0.1, -0.05) is 11.2 Å². The minimum Gasteiger partial charge on any atom is -0.411 e. The molecule has 0 saturated carbocycles. The molecule has 14 heavy (non-hydrogen) atoms. The first-order valence-electron chi connectivity index (χ1n) is 4.05. The molecule has 2 heterocycles. The van der Waals surface area contributed by atoms with Crippen LogP contribution in [0.2, 0.25) is 0 Å². The SMILES string of the molecule is CN1C/C(=N\O)[C@@H]2SC=C[C@@H]2S1(=O)=O. The van der Waals surface area contributed by atoms with Gasteiger partial charge in [-0.05, 0) is 5.41 Å². The van der Waals surface area contributed by atoms with Crippen LogP contribution in [0.5, 0.6) is 0 Å². The van der Waals surface area contributed by atoms with E-state index in [1.54, 1.807) is 11.5 Å². The van der Waals surface area contributed by atoms with E-state index in [2.05, 4.69) is 5.16 Å². The third-order valence-electron chi connectivity index (χ3n) is 2.41. The average molecular weight is 234 g/mol. The molecule has 0 radical (unpaired) electrons. The van der Waals surface area contributed by atoms with Crippen molar-refractivity contribution in [1.29, 1.82) is 0 Å². The van der Waals surface area contributed by atoms with Crippen LogP contribution in [-0.4, -0.2) is 47.7 Å². The van der Waals surface area contributed by atoms with Crippen LogP contribution in [0.15, 0.2) is 16.6 Å². The second-order valence-electron chi connectivity index (χ2n) is 3.24. The third-order valence-corrected chi connectivity index (χ3v) is 5.87. The summed E-state index contributed by atoms with van der Waals surface area (Å²) in [5, 5.41) is 12.8. The molecule has 0 aromatic rings. The lowest BCUT2D eigenvalue weighted by Crippen LogP contribution is -2.51. The van der Waals surface area contributed by atoms with Crippen molar-refractivity contribution in [2.75, 3.05) is 13.6 Å². The molecule has 0 aromatic carbocycles. The van der Waals surface area contributed by atoms with Crippen LogP contribution < -0.4 is 0 Å². The molecule has 0 aliphatic carbocycles. The summed E-state index contributed by atoms with van der Waals surface area (Å²) in [4.78, 5) is 0. The Morgan fingerprint density at radius 3 is 3.07 bits per heavy atom. The van der Waals surface area contributed by atoms with Gasteiger partial charge in [-0.2, -0.15) is 4.31 Å². The van der Waals surface area contributed by atoms with Crippen molar-refractivity contribution in [2.24, 2.45) is 5.16 Å². The normalized spacial score (nSPS) is 38.8. The van der Waals surface area contributed by atoms with Gasteiger partial charge >= 0.3 is 0 Å². The lowest BCUT2D eigenvalue weighted by atomic mass is 10.2. The molecule has 2 aliphatic heterocycles. The lowest BCUT2D eigenvalue weighted by Gasteiger charge is -2.31. The first-order chi connectivity index (χ1) is 6.57. The summed E-state index contributed by atoms with van der Waals surface area (Å²) in [6.07, 6.45) is 1.64. The highest BCUT2D eigenvalue weighted by Gasteiger charge is 2.45. The molecule has 78 valence electrons. The molecule has 0 spiro atoms. The molecule has 1 N–H and O–H groups in total.